The van der Waals surface area contributed by atoms with Crippen molar-refractivity contribution in [1.82, 2.24) is 4.98 Å². The monoisotopic (exact) mass is 417 g/mol. The van der Waals surface area contributed by atoms with E-state index >= 15 is 0 Å². The Balaban J connectivity index is 1.89. The van der Waals surface area contributed by atoms with E-state index in [-0.39, 0.29) is 16.9 Å². The van der Waals surface area contributed by atoms with Gasteiger partial charge in [-0.3, -0.25) is 0 Å². The Morgan fingerprint density at radius 2 is 1.77 bits per heavy atom. The molecule has 1 aliphatic rings. The molecule has 31 heavy (non-hydrogen) atoms. The van der Waals surface area contributed by atoms with E-state index in [4.69, 9.17) is 0 Å². The molecule has 4 nitrogen and oxygen atoms in total. The molecule has 4 heteroatoms. The van der Waals surface area contributed by atoms with Gasteiger partial charge in [0.2, 0.25) is 0 Å². The Kier molecular flexibility index (Phi) is 5.74. The maximum absolute atomic E-state index is 11.7. The van der Waals surface area contributed by atoms with Crippen LogP contribution in [0.15, 0.2) is 42.5 Å². The van der Waals surface area contributed by atoms with Crippen LogP contribution >= 0.6 is 0 Å². The molecule has 0 bridgehead atoms. The van der Waals surface area contributed by atoms with Crippen LogP contribution < -0.4 is 0 Å². The molecule has 0 aliphatic heterocycles. The van der Waals surface area contributed by atoms with E-state index in [1.54, 1.807) is 6.07 Å². The predicted molar refractivity (Wildman–Crippen MR) is 125 cm³/mol. The molecular weight excluding hydrogens is 386 g/mol. The summed E-state index contributed by atoms with van der Waals surface area (Å²) in [6.07, 6.45) is 6.53. The number of pyridine rings is 1. The minimum atomic E-state index is -1.06. The molecule has 0 amide bonds. The number of nitrogens with zero attached hydrogens (tertiary/aromatic N) is 1. The second kappa shape index (κ2) is 8.33. The molecule has 162 valence electrons. The quantitative estimate of drug-likeness (QED) is 0.467. The average Bonchev–Trinajstić information content (AvgIpc) is 3.27. The molecule has 1 fully saturated rings. The van der Waals surface area contributed by atoms with Gasteiger partial charge in [-0.1, -0.05) is 70.7 Å². The minimum absolute atomic E-state index is 0.00649. The number of fused-ring (bicyclic) bond motifs is 1. The first-order chi connectivity index (χ1) is 14.8. The molecule has 1 heterocycles. The Morgan fingerprint density at radius 1 is 1.10 bits per heavy atom. The van der Waals surface area contributed by atoms with Crippen molar-refractivity contribution in [2.75, 3.05) is 0 Å². The van der Waals surface area contributed by atoms with Crippen LogP contribution in [0.2, 0.25) is 0 Å². The summed E-state index contributed by atoms with van der Waals surface area (Å²) in [6, 6.07) is 13.7. The SMILES string of the molecule is CCC(C)(C)c1ccc(-c2ccc(O)c3cc(C(=O)O)nc(CC4CCCC4)c23)cc1. The van der Waals surface area contributed by atoms with E-state index in [1.807, 2.05) is 6.07 Å². The fourth-order valence-electron chi connectivity index (χ4n) is 4.73. The zero-order valence-corrected chi connectivity index (χ0v) is 18.6. The van der Waals surface area contributed by atoms with E-state index in [1.165, 1.54) is 24.5 Å². The van der Waals surface area contributed by atoms with Crippen molar-refractivity contribution in [3.63, 3.8) is 0 Å². The number of carboxylic acids is 1. The minimum Gasteiger partial charge on any atom is -0.507 e. The van der Waals surface area contributed by atoms with Gasteiger partial charge < -0.3 is 10.2 Å². The van der Waals surface area contributed by atoms with Gasteiger partial charge in [0.05, 0.1) is 5.69 Å². The highest BCUT2D eigenvalue weighted by Crippen LogP contribution is 2.39. The zero-order valence-electron chi connectivity index (χ0n) is 18.6. The molecule has 2 aromatic carbocycles. The van der Waals surface area contributed by atoms with Crippen molar-refractivity contribution >= 4 is 16.7 Å². The van der Waals surface area contributed by atoms with Crippen LogP contribution in [0.3, 0.4) is 0 Å². The lowest BCUT2D eigenvalue weighted by molar-refractivity contribution is 0.0690. The number of aromatic hydroxyl groups is 1. The standard InChI is InChI=1S/C27H31NO3/c1-4-27(2,3)19-11-9-18(10-12-19)20-13-14-24(29)21-16-23(26(30)31)28-22(25(20)21)15-17-7-5-6-8-17/h9-14,16-17,29H,4-8,15H2,1-3H3,(H,30,31). The van der Waals surface area contributed by atoms with E-state index in [0.717, 1.165) is 47.9 Å². The highest BCUT2D eigenvalue weighted by molar-refractivity contribution is 6.04. The van der Waals surface area contributed by atoms with Crippen molar-refractivity contribution in [1.29, 1.82) is 0 Å². The highest BCUT2D eigenvalue weighted by atomic mass is 16.4. The number of aromatic carboxylic acids is 1. The van der Waals surface area contributed by atoms with Crippen molar-refractivity contribution < 1.29 is 15.0 Å². The number of hydrogen-bond donors (Lipinski definition) is 2. The summed E-state index contributed by atoms with van der Waals surface area (Å²) in [5.41, 5.74) is 4.23. The van der Waals surface area contributed by atoms with E-state index in [9.17, 15) is 15.0 Å². The van der Waals surface area contributed by atoms with Gasteiger partial charge in [0, 0.05) is 10.8 Å². The smallest absolute Gasteiger partial charge is 0.354 e. The first-order valence-corrected chi connectivity index (χ1v) is 11.3. The van der Waals surface area contributed by atoms with Gasteiger partial charge in [-0.15, -0.1) is 0 Å². The van der Waals surface area contributed by atoms with Gasteiger partial charge in [0.15, 0.2) is 0 Å². The van der Waals surface area contributed by atoms with Gasteiger partial charge in [0.25, 0.3) is 0 Å². The molecule has 1 saturated carbocycles. The van der Waals surface area contributed by atoms with Crippen LogP contribution in [-0.4, -0.2) is 21.2 Å². The third-order valence-electron chi connectivity index (χ3n) is 7.08. The molecule has 0 radical (unpaired) electrons. The van der Waals surface area contributed by atoms with Gasteiger partial charge in [-0.2, -0.15) is 0 Å². The average molecular weight is 418 g/mol. The van der Waals surface area contributed by atoms with Gasteiger partial charge in [-0.05, 0) is 59.1 Å². The van der Waals surface area contributed by atoms with Crippen molar-refractivity contribution in [3.8, 4) is 16.9 Å². The van der Waals surface area contributed by atoms with E-state index in [0.29, 0.717) is 11.3 Å². The van der Waals surface area contributed by atoms with Crippen LogP contribution in [0.1, 0.15) is 74.6 Å². The fourth-order valence-corrected chi connectivity index (χ4v) is 4.73. The normalized spacial score (nSPS) is 14.9. The Hall–Kier alpha value is -2.88. The number of phenolic OH excluding ortho intramolecular Hbond substituents is 1. The van der Waals surface area contributed by atoms with Gasteiger partial charge in [-0.25, -0.2) is 9.78 Å². The summed E-state index contributed by atoms with van der Waals surface area (Å²) >= 11 is 0. The van der Waals surface area contributed by atoms with Crippen LogP contribution in [0.4, 0.5) is 0 Å². The van der Waals surface area contributed by atoms with Gasteiger partial charge in [0.1, 0.15) is 11.4 Å². The molecular formula is C27H31NO3. The summed E-state index contributed by atoms with van der Waals surface area (Å²) in [7, 11) is 0. The van der Waals surface area contributed by atoms with E-state index < -0.39 is 5.97 Å². The summed E-state index contributed by atoms with van der Waals surface area (Å²) in [5.74, 6) is -0.451. The number of phenols is 1. The zero-order chi connectivity index (χ0) is 22.2. The van der Waals surface area contributed by atoms with Crippen LogP contribution in [-0.2, 0) is 11.8 Å². The lowest BCUT2D eigenvalue weighted by Gasteiger charge is -2.23. The third kappa shape index (κ3) is 4.16. The van der Waals surface area contributed by atoms with Gasteiger partial charge >= 0.3 is 5.97 Å². The van der Waals surface area contributed by atoms with Crippen LogP contribution in [0, 0.1) is 5.92 Å². The molecule has 4 rings (SSSR count). The number of carbonyl (C=O) groups is 1. The molecule has 1 aliphatic carbocycles. The summed E-state index contributed by atoms with van der Waals surface area (Å²) < 4.78 is 0. The van der Waals surface area contributed by atoms with Crippen LogP contribution in [0.5, 0.6) is 5.75 Å². The molecule has 0 atom stereocenters. The second-order valence-electron chi connectivity index (χ2n) is 9.48. The number of rotatable bonds is 6. The van der Waals surface area contributed by atoms with Crippen molar-refractivity contribution in [2.45, 2.75) is 64.7 Å². The third-order valence-corrected chi connectivity index (χ3v) is 7.08. The Labute approximate surface area is 184 Å². The number of hydrogen-bond acceptors (Lipinski definition) is 3. The molecule has 1 aromatic heterocycles. The molecule has 0 spiro atoms. The van der Waals surface area contributed by atoms with Crippen molar-refractivity contribution in [3.05, 3.63) is 59.4 Å². The van der Waals surface area contributed by atoms with E-state index in [2.05, 4.69) is 50.0 Å². The first kappa shape index (κ1) is 21.4. The maximum atomic E-state index is 11.7. The Morgan fingerprint density at radius 3 is 2.39 bits per heavy atom. The molecule has 0 unspecified atom stereocenters. The molecule has 2 N–H and O–H groups in total. The lowest BCUT2D eigenvalue weighted by atomic mass is 9.81. The second-order valence-corrected chi connectivity index (χ2v) is 9.48. The van der Waals surface area contributed by atoms with Crippen LogP contribution in [0.25, 0.3) is 21.9 Å². The van der Waals surface area contributed by atoms with Crippen molar-refractivity contribution in [2.24, 2.45) is 5.92 Å². The number of carboxylic acid groups (broad SMARTS) is 1. The fraction of sp³-hybridized carbons (Fsp3) is 0.407. The molecule has 0 saturated heterocycles. The molecule has 3 aromatic rings. The summed E-state index contributed by atoms with van der Waals surface area (Å²) in [6.45, 7) is 6.69. The summed E-state index contributed by atoms with van der Waals surface area (Å²) in [4.78, 5) is 16.3. The number of aromatic nitrogens is 1. The number of benzene rings is 2. The Bertz CT molecular complexity index is 1110. The first-order valence-electron chi connectivity index (χ1n) is 11.3. The lowest BCUT2D eigenvalue weighted by Crippen LogP contribution is -2.15. The largest absolute Gasteiger partial charge is 0.507 e. The predicted octanol–water partition coefficient (Wildman–Crippen LogP) is 6.73. The summed E-state index contributed by atoms with van der Waals surface area (Å²) in [5, 5.41) is 21.6. The highest BCUT2D eigenvalue weighted by Gasteiger charge is 2.23. The maximum Gasteiger partial charge on any atom is 0.354 e. The topological polar surface area (TPSA) is 70.4 Å².